The molecule has 0 fully saturated rings. The Balaban J connectivity index is 2.15. The molecule has 0 radical (unpaired) electrons. The molecule has 2 aromatic carbocycles. The number of hydrazine groups is 1. The summed E-state index contributed by atoms with van der Waals surface area (Å²) >= 11 is 0. The molecule has 25 heavy (non-hydrogen) atoms. The minimum Gasteiger partial charge on any atom is -0.406 e. The standard InChI is InChI=1S/C18H20F3N3O/c1-11(2)17(24-23)16(22)14-5-3-12(4-6-14)13-7-9-15(10-8-13)25-18(19,20)21/h3-10,16-17,24H,1,22-23H2,2H3. The van der Waals surface area contributed by atoms with Crippen molar-refractivity contribution in [1.29, 1.82) is 0 Å². The summed E-state index contributed by atoms with van der Waals surface area (Å²) in [6, 6.07) is 12.5. The van der Waals surface area contributed by atoms with Gasteiger partial charge in [0.15, 0.2) is 0 Å². The van der Waals surface area contributed by atoms with Crippen molar-refractivity contribution in [2.45, 2.75) is 25.4 Å². The van der Waals surface area contributed by atoms with Crippen LogP contribution in [0, 0.1) is 0 Å². The van der Waals surface area contributed by atoms with Crippen LogP contribution >= 0.6 is 0 Å². The van der Waals surface area contributed by atoms with E-state index in [1.165, 1.54) is 12.1 Å². The third kappa shape index (κ3) is 5.06. The first kappa shape index (κ1) is 19.0. The molecule has 2 aromatic rings. The molecule has 2 unspecified atom stereocenters. The van der Waals surface area contributed by atoms with Gasteiger partial charge in [0.25, 0.3) is 0 Å². The molecular weight excluding hydrogens is 331 g/mol. The van der Waals surface area contributed by atoms with Gasteiger partial charge in [-0.2, -0.15) is 0 Å². The van der Waals surface area contributed by atoms with Crippen molar-refractivity contribution in [3.05, 3.63) is 66.2 Å². The van der Waals surface area contributed by atoms with Crippen molar-refractivity contribution in [3.8, 4) is 16.9 Å². The molecule has 4 nitrogen and oxygen atoms in total. The number of nitrogens with two attached hydrogens (primary N) is 2. The first-order chi connectivity index (χ1) is 11.7. The molecule has 7 heteroatoms. The van der Waals surface area contributed by atoms with Crippen molar-refractivity contribution >= 4 is 0 Å². The van der Waals surface area contributed by atoms with Crippen LogP contribution < -0.4 is 21.7 Å². The Hall–Kier alpha value is -2.35. The highest BCUT2D eigenvalue weighted by molar-refractivity contribution is 5.64. The van der Waals surface area contributed by atoms with Crippen LogP contribution in [0.5, 0.6) is 5.75 Å². The molecule has 0 aliphatic carbocycles. The minimum atomic E-state index is -4.70. The topological polar surface area (TPSA) is 73.3 Å². The molecule has 134 valence electrons. The van der Waals surface area contributed by atoms with Crippen LogP contribution in [0.15, 0.2) is 60.7 Å². The lowest BCUT2D eigenvalue weighted by atomic mass is 9.94. The van der Waals surface area contributed by atoms with E-state index >= 15 is 0 Å². The van der Waals surface area contributed by atoms with Gasteiger partial charge in [0.05, 0.1) is 12.1 Å². The number of benzene rings is 2. The lowest BCUT2D eigenvalue weighted by molar-refractivity contribution is -0.274. The normalized spacial score (nSPS) is 14.0. The third-order valence-corrected chi connectivity index (χ3v) is 3.79. The molecule has 5 N–H and O–H groups in total. The largest absolute Gasteiger partial charge is 0.573 e. The number of hydrogen-bond acceptors (Lipinski definition) is 4. The van der Waals surface area contributed by atoms with Crippen molar-refractivity contribution in [2.24, 2.45) is 11.6 Å². The fourth-order valence-electron chi connectivity index (χ4n) is 2.49. The first-order valence-corrected chi connectivity index (χ1v) is 7.54. The maximum Gasteiger partial charge on any atom is 0.573 e. The zero-order valence-corrected chi connectivity index (χ0v) is 13.7. The molecule has 0 amide bonds. The number of ether oxygens (including phenoxy) is 1. The highest BCUT2D eigenvalue weighted by Crippen LogP contribution is 2.27. The molecule has 2 rings (SSSR count). The van der Waals surface area contributed by atoms with Crippen LogP contribution in [-0.4, -0.2) is 12.4 Å². The van der Waals surface area contributed by atoms with Gasteiger partial charge in [-0.3, -0.25) is 11.3 Å². The molecule has 0 aromatic heterocycles. The van der Waals surface area contributed by atoms with Crippen LogP contribution in [0.3, 0.4) is 0 Å². The van der Waals surface area contributed by atoms with Gasteiger partial charge in [-0.1, -0.05) is 48.6 Å². The molecule has 0 aliphatic rings. The summed E-state index contributed by atoms with van der Waals surface area (Å²) in [4.78, 5) is 0. The Morgan fingerprint density at radius 2 is 1.52 bits per heavy atom. The van der Waals surface area contributed by atoms with E-state index in [4.69, 9.17) is 11.6 Å². The van der Waals surface area contributed by atoms with Crippen molar-refractivity contribution in [1.82, 2.24) is 5.43 Å². The van der Waals surface area contributed by atoms with Gasteiger partial charge in [0, 0.05) is 0 Å². The summed E-state index contributed by atoms with van der Waals surface area (Å²) in [5.74, 6) is 5.25. The fourth-order valence-corrected chi connectivity index (χ4v) is 2.49. The maximum atomic E-state index is 12.2. The second-order valence-corrected chi connectivity index (χ2v) is 5.71. The predicted molar refractivity (Wildman–Crippen MR) is 91.4 cm³/mol. The van der Waals surface area contributed by atoms with Crippen LogP contribution in [0.1, 0.15) is 18.5 Å². The van der Waals surface area contributed by atoms with E-state index in [9.17, 15) is 13.2 Å². The number of alkyl halides is 3. The van der Waals surface area contributed by atoms with Gasteiger partial charge in [0.2, 0.25) is 0 Å². The van der Waals surface area contributed by atoms with E-state index in [0.717, 1.165) is 22.3 Å². The van der Waals surface area contributed by atoms with Crippen molar-refractivity contribution < 1.29 is 17.9 Å². The minimum absolute atomic E-state index is 0.256. The lowest BCUT2D eigenvalue weighted by Gasteiger charge is -2.24. The summed E-state index contributed by atoms with van der Waals surface area (Å²) in [5, 5.41) is 0. The van der Waals surface area contributed by atoms with E-state index < -0.39 is 6.36 Å². The Labute approximate surface area is 144 Å². The van der Waals surface area contributed by atoms with Crippen LogP contribution in [-0.2, 0) is 0 Å². The molecule has 2 atom stereocenters. The quantitative estimate of drug-likeness (QED) is 0.422. The Morgan fingerprint density at radius 3 is 1.92 bits per heavy atom. The molecule has 0 aliphatic heterocycles. The second-order valence-electron chi connectivity index (χ2n) is 5.71. The van der Waals surface area contributed by atoms with Crippen LogP contribution in [0.4, 0.5) is 13.2 Å². The summed E-state index contributed by atoms with van der Waals surface area (Å²) < 4.78 is 40.4. The molecule has 0 heterocycles. The number of hydrogen-bond donors (Lipinski definition) is 3. The van der Waals surface area contributed by atoms with E-state index in [2.05, 4.69) is 16.7 Å². The summed E-state index contributed by atoms with van der Waals surface area (Å²) in [7, 11) is 0. The highest BCUT2D eigenvalue weighted by Gasteiger charge is 2.30. The zero-order valence-electron chi connectivity index (χ0n) is 13.7. The predicted octanol–water partition coefficient (Wildman–Crippen LogP) is 3.66. The van der Waals surface area contributed by atoms with Crippen molar-refractivity contribution in [2.75, 3.05) is 0 Å². The molecular formula is C18H20F3N3O. The van der Waals surface area contributed by atoms with Crippen LogP contribution in [0.2, 0.25) is 0 Å². The smallest absolute Gasteiger partial charge is 0.406 e. The summed E-state index contributed by atoms with van der Waals surface area (Å²) in [6.07, 6.45) is -4.70. The Morgan fingerprint density at radius 1 is 1.04 bits per heavy atom. The van der Waals surface area contributed by atoms with E-state index in [1.54, 1.807) is 12.1 Å². The zero-order chi connectivity index (χ0) is 18.6. The molecule has 0 bridgehead atoms. The number of nitrogens with one attached hydrogen (secondary N) is 1. The van der Waals surface area contributed by atoms with Gasteiger partial charge in [0.1, 0.15) is 5.75 Å². The SMILES string of the molecule is C=C(C)C(NN)C(N)c1ccc(-c2ccc(OC(F)(F)F)cc2)cc1. The van der Waals surface area contributed by atoms with Gasteiger partial charge in [-0.05, 0) is 35.7 Å². The number of rotatable bonds is 6. The van der Waals surface area contributed by atoms with Crippen LogP contribution in [0.25, 0.3) is 11.1 Å². The van der Waals surface area contributed by atoms with Gasteiger partial charge >= 0.3 is 6.36 Å². The third-order valence-electron chi connectivity index (χ3n) is 3.79. The van der Waals surface area contributed by atoms with Crippen molar-refractivity contribution in [3.63, 3.8) is 0 Å². The average Bonchev–Trinajstić information content (AvgIpc) is 2.54. The average molecular weight is 351 g/mol. The van der Waals surface area contributed by atoms with E-state index in [-0.39, 0.29) is 17.8 Å². The molecule has 0 saturated heterocycles. The van der Waals surface area contributed by atoms with Gasteiger partial charge in [-0.25, -0.2) is 0 Å². The lowest BCUT2D eigenvalue weighted by Crippen LogP contribution is -2.43. The number of halogens is 3. The van der Waals surface area contributed by atoms with E-state index in [1.807, 2.05) is 31.2 Å². The fraction of sp³-hybridized carbons (Fsp3) is 0.222. The second kappa shape index (κ2) is 7.69. The monoisotopic (exact) mass is 351 g/mol. The summed E-state index contributed by atoms with van der Waals surface area (Å²) in [5.41, 5.74) is 12.1. The first-order valence-electron chi connectivity index (χ1n) is 7.54. The maximum absolute atomic E-state index is 12.2. The highest BCUT2D eigenvalue weighted by atomic mass is 19.4. The molecule has 0 saturated carbocycles. The molecule has 0 spiro atoms. The van der Waals surface area contributed by atoms with Gasteiger partial charge in [-0.15, -0.1) is 13.2 Å². The summed E-state index contributed by atoms with van der Waals surface area (Å²) in [6.45, 7) is 5.69. The Kier molecular flexibility index (Phi) is 5.84. The van der Waals surface area contributed by atoms with E-state index in [0.29, 0.717) is 0 Å². The Bertz CT molecular complexity index is 712. The van der Waals surface area contributed by atoms with Gasteiger partial charge < -0.3 is 10.5 Å².